The van der Waals surface area contributed by atoms with Crippen LogP contribution >= 0.6 is 0 Å². The summed E-state index contributed by atoms with van der Waals surface area (Å²) in [6.07, 6.45) is 5.87. The first-order valence-electron chi connectivity index (χ1n) is 7.56. The summed E-state index contributed by atoms with van der Waals surface area (Å²) >= 11 is 0. The van der Waals surface area contributed by atoms with Crippen LogP contribution in [-0.2, 0) is 11.3 Å². The fraction of sp³-hybridized carbons (Fsp3) is 0.625. The Kier molecular flexibility index (Phi) is 7.93. The molecule has 0 radical (unpaired) electrons. The van der Waals surface area contributed by atoms with Crippen LogP contribution in [0.15, 0.2) is 24.5 Å². The summed E-state index contributed by atoms with van der Waals surface area (Å²) in [4.78, 5) is 20.5. The van der Waals surface area contributed by atoms with Crippen LogP contribution in [0.1, 0.15) is 31.7 Å². The fourth-order valence-electron chi connectivity index (χ4n) is 2.06. The van der Waals surface area contributed by atoms with Gasteiger partial charge >= 0.3 is 0 Å². The smallest absolute Gasteiger partial charge is 0.222 e. The van der Waals surface area contributed by atoms with Crippen molar-refractivity contribution in [1.29, 1.82) is 0 Å². The van der Waals surface area contributed by atoms with E-state index < -0.39 is 0 Å². The molecule has 5 nitrogen and oxygen atoms in total. The highest BCUT2D eigenvalue weighted by atomic mass is 16.2. The second kappa shape index (κ2) is 9.47. The summed E-state index contributed by atoms with van der Waals surface area (Å²) < 4.78 is 0. The number of pyridine rings is 1. The van der Waals surface area contributed by atoms with Crippen LogP contribution < -0.4 is 5.73 Å². The van der Waals surface area contributed by atoms with Gasteiger partial charge in [0.25, 0.3) is 0 Å². The standard InChI is InChI=1S/C16H28N4O/c1-14(17)6-4-8-16(21)20(11-10-19(2)3)13-15-7-5-9-18-12-15/h5,7,9,12,14H,4,6,8,10-11,13,17H2,1-3H3. The number of carbonyl (C=O) groups is 1. The van der Waals surface area contributed by atoms with Crippen molar-refractivity contribution >= 4 is 5.91 Å². The maximum Gasteiger partial charge on any atom is 0.222 e. The van der Waals surface area contributed by atoms with E-state index in [0.717, 1.165) is 31.5 Å². The molecule has 0 saturated heterocycles. The largest absolute Gasteiger partial charge is 0.337 e. The molecule has 118 valence electrons. The summed E-state index contributed by atoms with van der Waals surface area (Å²) in [5.74, 6) is 0.196. The second-order valence-corrected chi connectivity index (χ2v) is 5.85. The molecular formula is C16H28N4O. The Morgan fingerprint density at radius 1 is 1.38 bits per heavy atom. The van der Waals surface area contributed by atoms with Gasteiger partial charge in [-0.15, -0.1) is 0 Å². The Morgan fingerprint density at radius 3 is 2.71 bits per heavy atom. The number of nitrogens with two attached hydrogens (primary N) is 1. The van der Waals surface area contributed by atoms with Gasteiger partial charge in [-0.2, -0.15) is 0 Å². The van der Waals surface area contributed by atoms with Gasteiger partial charge in [0.1, 0.15) is 0 Å². The molecule has 0 bridgehead atoms. The molecule has 5 heteroatoms. The van der Waals surface area contributed by atoms with E-state index in [4.69, 9.17) is 5.73 Å². The molecule has 0 aliphatic heterocycles. The molecule has 1 unspecified atom stereocenters. The number of likely N-dealkylation sites (N-methyl/N-ethyl adjacent to an activating group) is 1. The summed E-state index contributed by atoms with van der Waals surface area (Å²) in [7, 11) is 4.03. The first-order chi connectivity index (χ1) is 9.99. The molecule has 1 aromatic heterocycles. The van der Waals surface area contributed by atoms with Gasteiger partial charge in [-0.05, 0) is 45.5 Å². The highest BCUT2D eigenvalue weighted by Crippen LogP contribution is 2.08. The zero-order valence-corrected chi connectivity index (χ0v) is 13.5. The number of aromatic nitrogens is 1. The van der Waals surface area contributed by atoms with E-state index in [-0.39, 0.29) is 11.9 Å². The molecule has 1 aromatic rings. The molecule has 21 heavy (non-hydrogen) atoms. The zero-order chi connectivity index (χ0) is 15.7. The number of carbonyl (C=O) groups excluding carboxylic acids is 1. The first kappa shape index (κ1) is 17.6. The Morgan fingerprint density at radius 2 is 2.14 bits per heavy atom. The Hall–Kier alpha value is -1.46. The first-order valence-corrected chi connectivity index (χ1v) is 7.56. The summed E-state index contributed by atoms with van der Waals surface area (Å²) in [5.41, 5.74) is 6.80. The van der Waals surface area contributed by atoms with Gasteiger partial charge in [-0.25, -0.2) is 0 Å². The lowest BCUT2D eigenvalue weighted by atomic mass is 10.1. The second-order valence-electron chi connectivity index (χ2n) is 5.85. The van der Waals surface area contributed by atoms with Crippen molar-refractivity contribution in [3.05, 3.63) is 30.1 Å². The number of nitrogens with zero attached hydrogens (tertiary/aromatic N) is 3. The van der Waals surface area contributed by atoms with E-state index in [2.05, 4.69) is 9.88 Å². The van der Waals surface area contributed by atoms with E-state index in [9.17, 15) is 4.79 Å². The molecule has 1 atom stereocenters. The maximum atomic E-state index is 12.4. The van der Waals surface area contributed by atoms with Crippen molar-refractivity contribution in [2.75, 3.05) is 27.2 Å². The summed E-state index contributed by atoms with van der Waals surface area (Å²) in [5, 5.41) is 0. The predicted molar refractivity (Wildman–Crippen MR) is 85.7 cm³/mol. The average molecular weight is 292 g/mol. The van der Waals surface area contributed by atoms with Gasteiger partial charge in [0.2, 0.25) is 5.91 Å². The van der Waals surface area contributed by atoms with Crippen molar-refractivity contribution in [3.8, 4) is 0 Å². The average Bonchev–Trinajstić information content (AvgIpc) is 2.43. The van der Waals surface area contributed by atoms with Gasteiger partial charge in [0.15, 0.2) is 0 Å². The van der Waals surface area contributed by atoms with Crippen LogP contribution in [0, 0.1) is 0 Å². The maximum absolute atomic E-state index is 12.4. The topological polar surface area (TPSA) is 62.5 Å². The number of rotatable bonds is 9. The van der Waals surface area contributed by atoms with E-state index in [0.29, 0.717) is 13.0 Å². The van der Waals surface area contributed by atoms with Crippen LogP contribution in [0.3, 0.4) is 0 Å². The minimum atomic E-state index is 0.159. The third-order valence-corrected chi connectivity index (χ3v) is 3.32. The molecule has 1 heterocycles. The summed E-state index contributed by atoms with van der Waals surface area (Å²) in [6, 6.07) is 4.07. The molecule has 0 saturated carbocycles. The van der Waals surface area contributed by atoms with Crippen LogP contribution in [0.5, 0.6) is 0 Å². The van der Waals surface area contributed by atoms with E-state index >= 15 is 0 Å². The van der Waals surface area contributed by atoms with Crippen molar-refractivity contribution in [2.45, 2.75) is 38.8 Å². The Balaban J connectivity index is 2.56. The summed E-state index contributed by atoms with van der Waals surface area (Å²) in [6.45, 7) is 4.20. The Bertz CT molecular complexity index is 406. The van der Waals surface area contributed by atoms with Gasteiger partial charge in [-0.1, -0.05) is 6.07 Å². The molecule has 1 amide bonds. The van der Waals surface area contributed by atoms with Crippen molar-refractivity contribution in [1.82, 2.24) is 14.8 Å². The number of hydrogen-bond acceptors (Lipinski definition) is 4. The molecule has 0 aliphatic rings. The van der Waals surface area contributed by atoms with Crippen LogP contribution in [0.2, 0.25) is 0 Å². The lowest BCUT2D eigenvalue weighted by molar-refractivity contribution is -0.132. The fourth-order valence-corrected chi connectivity index (χ4v) is 2.06. The van der Waals surface area contributed by atoms with Crippen LogP contribution in [0.25, 0.3) is 0 Å². The molecule has 0 spiro atoms. The van der Waals surface area contributed by atoms with Crippen LogP contribution in [-0.4, -0.2) is 53.9 Å². The Labute approximate surface area is 128 Å². The third-order valence-electron chi connectivity index (χ3n) is 3.32. The minimum absolute atomic E-state index is 0.159. The molecular weight excluding hydrogens is 264 g/mol. The van der Waals surface area contributed by atoms with Crippen molar-refractivity contribution < 1.29 is 4.79 Å². The van der Waals surface area contributed by atoms with Gasteiger partial charge < -0.3 is 15.5 Å². The van der Waals surface area contributed by atoms with Crippen LogP contribution in [0.4, 0.5) is 0 Å². The molecule has 2 N–H and O–H groups in total. The molecule has 0 aromatic carbocycles. The predicted octanol–water partition coefficient (Wildman–Crippen LogP) is 1.49. The monoisotopic (exact) mass is 292 g/mol. The quantitative estimate of drug-likeness (QED) is 0.749. The van der Waals surface area contributed by atoms with E-state index in [1.54, 1.807) is 6.20 Å². The van der Waals surface area contributed by atoms with Gasteiger partial charge in [-0.3, -0.25) is 9.78 Å². The number of amides is 1. The van der Waals surface area contributed by atoms with Gasteiger partial charge in [0.05, 0.1) is 0 Å². The van der Waals surface area contributed by atoms with E-state index in [1.807, 2.05) is 44.2 Å². The zero-order valence-electron chi connectivity index (χ0n) is 13.5. The lowest BCUT2D eigenvalue weighted by Gasteiger charge is -2.24. The normalized spacial score (nSPS) is 12.4. The molecule has 0 aliphatic carbocycles. The third kappa shape index (κ3) is 7.78. The SMILES string of the molecule is CC(N)CCCC(=O)N(CCN(C)C)Cc1cccnc1. The lowest BCUT2D eigenvalue weighted by Crippen LogP contribution is -2.36. The van der Waals surface area contributed by atoms with E-state index in [1.165, 1.54) is 0 Å². The van der Waals surface area contributed by atoms with Gasteiger partial charge in [0, 0.05) is 44.5 Å². The molecule has 0 fully saturated rings. The molecule has 1 rings (SSSR count). The van der Waals surface area contributed by atoms with Crippen molar-refractivity contribution in [2.24, 2.45) is 5.73 Å². The van der Waals surface area contributed by atoms with Crippen molar-refractivity contribution in [3.63, 3.8) is 0 Å². The highest BCUT2D eigenvalue weighted by Gasteiger charge is 2.14. The highest BCUT2D eigenvalue weighted by molar-refractivity contribution is 5.76. The minimum Gasteiger partial charge on any atom is -0.337 e. The number of hydrogen-bond donors (Lipinski definition) is 1.